The van der Waals surface area contributed by atoms with Crippen molar-refractivity contribution in [2.24, 2.45) is 4.99 Å². The number of benzene rings is 2. The Hall–Kier alpha value is -3.53. The van der Waals surface area contributed by atoms with Crippen LogP contribution in [0.5, 0.6) is 5.75 Å². The molecule has 1 aliphatic heterocycles. The van der Waals surface area contributed by atoms with Crippen LogP contribution in [0.4, 0.5) is 0 Å². The summed E-state index contributed by atoms with van der Waals surface area (Å²) in [5.74, 6) is 0.516. The van der Waals surface area contributed by atoms with Gasteiger partial charge in [0.25, 0.3) is 5.56 Å². The van der Waals surface area contributed by atoms with Crippen LogP contribution in [0.3, 0.4) is 0 Å². The number of aryl methyl sites for hydroxylation is 1. The lowest BCUT2D eigenvalue weighted by molar-refractivity contribution is -0.139. The van der Waals surface area contributed by atoms with E-state index in [1.54, 1.807) is 38.3 Å². The summed E-state index contributed by atoms with van der Waals surface area (Å²) in [7, 11) is 1.54. The highest BCUT2D eigenvalue weighted by Gasteiger charge is 2.36. The number of furan rings is 1. The SMILES string of the molecule is CCCC1=C(C(=O)OCC)[C@@H](c2cc(Cl)ccc2OC)n2c(s/c(=C/c3ccc(Sc4ccc(C)cc4)o3)c2=O)=N1. The molecule has 10 heteroatoms. The number of esters is 1. The minimum absolute atomic E-state index is 0.187. The number of methoxy groups -OCH3 is 1. The van der Waals surface area contributed by atoms with E-state index in [2.05, 4.69) is 12.1 Å². The summed E-state index contributed by atoms with van der Waals surface area (Å²) in [6.45, 7) is 5.99. The van der Waals surface area contributed by atoms with Gasteiger partial charge in [0.05, 0.1) is 29.5 Å². The van der Waals surface area contributed by atoms with Crippen LogP contribution in [0.15, 0.2) is 90.1 Å². The van der Waals surface area contributed by atoms with Gasteiger partial charge in [0, 0.05) is 21.6 Å². The molecule has 0 fully saturated rings. The first-order valence-electron chi connectivity index (χ1n) is 13.2. The number of thiazole rings is 1. The maximum Gasteiger partial charge on any atom is 0.338 e. The van der Waals surface area contributed by atoms with Gasteiger partial charge in [-0.25, -0.2) is 9.79 Å². The van der Waals surface area contributed by atoms with Crippen LogP contribution in [0.1, 0.15) is 49.6 Å². The maximum atomic E-state index is 14.0. The molecule has 0 saturated heterocycles. The van der Waals surface area contributed by atoms with Crippen LogP contribution in [0.2, 0.25) is 5.02 Å². The predicted octanol–water partition coefficient (Wildman–Crippen LogP) is 6.29. The van der Waals surface area contributed by atoms with Crippen LogP contribution in [0, 0.1) is 6.92 Å². The molecule has 0 spiro atoms. The first kappa shape index (κ1) is 29.0. The number of rotatable bonds is 9. The molecule has 3 heterocycles. The van der Waals surface area contributed by atoms with Gasteiger partial charge >= 0.3 is 5.97 Å². The molecular weight excluding hydrogens is 580 g/mol. The number of ether oxygens (including phenoxy) is 2. The molecule has 1 atom stereocenters. The van der Waals surface area contributed by atoms with Crippen LogP contribution < -0.4 is 19.6 Å². The quantitative estimate of drug-likeness (QED) is 0.208. The van der Waals surface area contributed by atoms with E-state index in [0.717, 1.165) is 11.3 Å². The Balaban J connectivity index is 1.65. The van der Waals surface area contributed by atoms with E-state index < -0.39 is 12.0 Å². The molecule has 0 N–H and O–H groups in total. The van der Waals surface area contributed by atoms with Gasteiger partial charge < -0.3 is 13.9 Å². The van der Waals surface area contributed by atoms with Gasteiger partial charge in [-0.2, -0.15) is 0 Å². The molecule has 4 aromatic rings. The number of nitrogens with zero attached hydrogens (tertiary/aromatic N) is 2. The van der Waals surface area contributed by atoms with Crippen LogP contribution in [0.25, 0.3) is 6.08 Å². The highest BCUT2D eigenvalue weighted by molar-refractivity contribution is 7.99. The van der Waals surface area contributed by atoms with E-state index in [-0.39, 0.29) is 12.2 Å². The Labute approximate surface area is 250 Å². The zero-order chi connectivity index (χ0) is 29.1. The van der Waals surface area contributed by atoms with Gasteiger partial charge in [0.2, 0.25) is 0 Å². The Morgan fingerprint density at radius 2 is 1.95 bits per heavy atom. The molecule has 1 aliphatic rings. The van der Waals surface area contributed by atoms with Crippen LogP contribution >= 0.6 is 34.7 Å². The van der Waals surface area contributed by atoms with Crippen molar-refractivity contribution in [2.75, 3.05) is 13.7 Å². The number of hydrogen-bond donors (Lipinski definition) is 0. The fraction of sp³-hybridized carbons (Fsp3) is 0.258. The predicted molar refractivity (Wildman–Crippen MR) is 162 cm³/mol. The number of carbonyl (C=O) groups is 1. The van der Waals surface area contributed by atoms with Crippen molar-refractivity contribution in [3.63, 3.8) is 0 Å². The van der Waals surface area contributed by atoms with Crippen molar-refractivity contribution in [1.82, 2.24) is 4.57 Å². The number of fused-ring (bicyclic) bond motifs is 1. The zero-order valence-corrected chi connectivity index (χ0v) is 25.5. The fourth-order valence-corrected chi connectivity index (χ4v) is 6.61. The number of halogens is 1. The topological polar surface area (TPSA) is 83.0 Å². The minimum atomic E-state index is -0.827. The van der Waals surface area contributed by atoms with Gasteiger partial charge in [0.15, 0.2) is 9.89 Å². The van der Waals surface area contributed by atoms with E-state index >= 15 is 0 Å². The standard InChI is InChI=1S/C31H29ClN2O5S2/c1-5-7-23-27(30(36)38-6-2)28(22-16-19(32)10-14-24(22)37-4)34-29(35)25(41-31(34)33-23)17-20-11-15-26(39-20)40-21-12-8-18(3)9-13-21/h8-17,28H,5-7H2,1-4H3/b25-17+/t28-/m1/s1. The monoisotopic (exact) mass is 608 g/mol. The summed E-state index contributed by atoms with van der Waals surface area (Å²) in [6, 6.07) is 16.2. The molecule has 41 heavy (non-hydrogen) atoms. The third-order valence-corrected chi connectivity index (χ3v) is 8.64. The minimum Gasteiger partial charge on any atom is -0.496 e. The molecule has 0 saturated carbocycles. The molecule has 2 aromatic carbocycles. The lowest BCUT2D eigenvalue weighted by Crippen LogP contribution is -2.40. The third kappa shape index (κ3) is 6.07. The highest BCUT2D eigenvalue weighted by Crippen LogP contribution is 2.38. The summed E-state index contributed by atoms with van der Waals surface area (Å²) < 4.78 is 19.1. The average molecular weight is 609 g/mol. The molecule has 7 nitrogen and oxygen atoms in total. The van der Waals surface area contributed by atoms with Crippen molar-refractivity contribution in [1.29, 1.82) is 0 Å². The second kappa shape index (κ2) is 12.5. The lowest BCUT2D eigenvalue weighted by atomic mass is 9.93. The largest absolute Gasteiger partial charge is 0.496 e. The van der Waals surface area contributed by atoms with Crippen LogP contribution in [-0.4, -0.2) is 24.3 Å². The van der Waals surface area contributed by atoms with E-state index in [0.29, 0.717) is 54.2 Å². The highest BCUT2D eigenvalue weighted by atomic mass is 35.5. The number of hydrogen-bond acceptors (Lipinski definition) is 8. The summed E-state index contributed by atoms with van der Waals surface area (Å²) in [5.41, 5.74) is 2.35. The van der Waals surface area contributed by atoms with Crippen molar-refractivity contribution in [2.45, 2.75) is 49.6 Å². The number of allylic oxidation sites excluding steroid dienone is 1. The first-order valence-corrected chi connectivity index (χ1v) is 15.2. The van der Waals surface area contributed by atoms with Crippen molar-refractivity contribution < 1.29 is 18.7 Å². The van der Waals surface area contributed by atoms with Gasteiger partial charge in [-0.15, -0.1) is 0 Å². The molecule has 5 rings (SSSR count). The third-order valence-electron chi connectivity index (χ3n) is 6.49. The van der Waals surface area contributed by atoms with Crippen molar-refractivity contribution in [3.8, 4) is 5.75 Å². The number of carbonyl (C=O) groups excluding carboxylic acids is 1. The van der Waals surface area contributed by atoms with E-state index in [9.17, 15) is 9.59 Å². The second-order valence-corrected chi connectivity index (χ2v) is 11.9. The van der Waals surface area contributed by atoms with E-state index in [1.165, 1.54) is 33.2 Å². The Morgan fingerprint density at radius 3 is 2.66 bits per heavy atom. The lowest BCUT2D eigenvalue weighted by Gasteiger charge is -2.27. The summed E-state index contributed by atoms with van der Waals surface area (Å²) in [4.78, 5) is 33.7. The van der Waals surface area contributed by atoms with Gasteiger partial charge in [-0.1, -0.05) is 65.7 Å². The zero-order valence-electron chi connectivity index (χ0n) is 23.1. The van der Waals surface area contributed by atoms with E-state index in [4.69, 9.17) is 30.5 Å². The summed E-state index contributed by atoms with van der Waals surface area (Å²) >= 11 is 9.16. The summed E-state index contributed by atoms with van der Waals surface area (Å²) in [6.07, 6.45) is 3.00. The molecule has 2 aromatic heterocycles. The molecular formula is C31H29ClN2O5S2. The Bertz CT molecular complexity index is 1800. The normalized spacial score (nSPS) is 15.0. The maximum absolute atomic E-state index is 14.0. The van der Waals surface area contributed by atoms with Crippen molar-refractivity contribution >= 4 is 46.7 Å². The molecule has 212 valence electrons. The summed E-state index contributed by atoms with van der Waals surface area (Å²) in [5, 5.41) is 1.17. The Morgan fingerprint density at radius 1 is 1.17 bits per heavy atom. The van der Waals surface area contributed by atoms with Crippen LogP contribution in [-0.2, 0) is 9.53 Å². The number of aromatic nitrogens is 1. The van der Waals surface area contributed by atoms with Gasteiger partial charge in [-0.3, -0.25) is 9.36 Å². The molecule has 0 bridgehead atoms. The molecule has 0 unspecified atom stereocenters. The molecule has 0 amide bonds. The average Bonchev–Trinajstić information content (AvgIpc) is 3.52. The van der Waals surface area contributed by atoms with Gasteiger partial charge in [0.1, 0.15) is 17.6 Å². The fourth-order valence-electron chi connectivity index (χ4n) is 4.65. The Kier molecular flexibility index (Phi) is 8.87. The molecule has 0 aliphatic carbocycles. The van der Waals surface area contributed by atoms with E-state index in [1.807, 2.05) is 38.1 Å². The smallest absolute Gasteiger partial charge is 0.338 e. The molecule has 0 radical (unpaired) electrons. The van der Waals surface area contributed by atoms with Gasteiger partial charge in [-0.05, 0) is 62.7 Å². The second-order valence-electron chi connectivity index (χ2n) is 9.37. The van der Waals surface area contributed by atoms with Crippen molar-refractivity contribution in [3.05, 3.63) is 107 Å². The first-order chi connectivity index (χ1) is 19.8.